The van der Waals surface area contributed by atoms with E-state index in [4.69, 9.17) is 9.97 Å². The summed E-state index contributed by atoms with van der Waals surface area (Å²) in [6, 6.07) is 54.5. The molecule has 49 heavy (non-hydrogen) atoms. The van der Waals surface area contributed by atoms with Crippen molar-refractivity contribution in [1.29, 1.82) is 0 Å². The van der Waals surface area contributed by atoms with Crippen LogP contribution in [0, 0.1) is 0 Å². The van der Waals surface area contributed by atoms with Crippen molar-refractivity contribution < 1.29 is 0 Å². The van der Waals surface area contributed by atoms with Gasteiger partial charge in [-0.25, -0.2) is 9.97 Å². The van der Waals surface area contributed by atoms with Crippen LogP contribution in [-0.4, -0.2) is 14.5 Å². The number of fused-ring (bicyclic) bond motifs is 11. The van der Waals surface area contributed by atoms with E-state index < -0.39 is 0 Å². The van der Waals surface area contributed by atoms with E-state index in [1.165, 1.54) is 62.2 Å². The molecular weight excluding hydrogens is 635 g/mol. The Kier molecular flexibility index (Phi) is 5.70. The van der Waals surface area contributed by atoms with Crippen molar-refractivity contribution in [3.05, 3.63) is 152 Å². The van der Waals surface area contributed by atoms with E-state index in [0.717, 1.165) is 39.2 Å². The van der Waals surface area contributed by atoms with Gasteiger partial charge in [-0.3, -0.25) is 0 Å². The molecule has 11 aromatic rings. The van der Waals surface area contributed by atoms with E-state index in [-0.39, 0.29) is 0 Å². The van der Waals surface area contributed by atoms with Crippen LogP contribution in [0.25, 0.3) is 101 Å². The number of aromatic nitrogens is 3. The summed E-state index contributed by atoms with van der Waals surface area (Å²) in [4.78, 5) is 10.4. The minimum Gasteiger partial charge on any atom is -0.309 e. The molecule has 0 atom stereocenters. The van der Waals surface area contributed by atoms with Gasteiger partial charge in [0, 0.05) is 73.3 Å². The molecule has 0 fully saturated rings. The van der Waals surface area contributed by atoms with Crippen LogP contribution in [0.1, 0.15) is 0 Å². The Morgan fingerprint density at radius 3 is 2.00 bits per heavy atom. The lowest BCUT2D eigenvalue weighted by Gasteiger charge is -2.12. The number of benzene rings is 7. The van der Waals surface area contributed by atoms with Gasteiger partial charge in [0.15, 0.2) is 5.82 Å². The Bertz CT molecular complexity index is 3110. The van der Waals surface area contributed by atoms with Gasteiger partial charge in [-0.2, -0.15) is 0 Å². The number of hydrogen-bond donors (Lipinski definition) is 0. The molecule has 3 nitrogen and oxygen atoms in total. The third kappa shape index (κ3) is 3.94. The predicted molar refractivity (Wildman–Crippen MR) is 211 cm³/mol. The van der Waals surface area contributed by atoms with Gasteiger partial charge in [0.2, 0.25) is 0 Å². The zero-order valence-electron chi connectivity index (χ0n) is 26.1. The lowest BCUT2D eigenvalue weighted by atomic mass is 10.0. The van der Waals surface area contributed by atoms with Gasteiger partial charge < -0.3 is 4.57 Å². The molecule has 0 radical (unpaired) electrons. The zero-order valence-corrected chi connectivity index (χ0v) is 27.7. The summed E-state index contributed by atoms with van der Waals surface area (Å²) in [5, 5.41) is 8.77. The maximum Gasteiger partial charge on any atom is 0.160 e. The molecular formula is C44H25N3S2. The van der Waals surface area contributed by atoms with Crippen molar-refractivity contribution in [1.82, 2.24) is 14.5 Å². The predicted octanol–water partition coefficient (Wildman–Crippen LogP) is 12.8. The topological polar surface area (TPSA) is 30.7 Å². The van der Waals surface area contributed by atoms with Crippen LogP contribution in [0.3, 0.4) is 0 Å². The summed E-state index contributed by atoms with van der Waals surface area (Å²) in [6.45, 7) is 0. The molecule has 5 heteroatoms. The molecule has 0 aliphatic heterocycles. The number of hydrogen-bond acceptors (Lipinski definition) is 4. The molecule has 0 spiro atoms. The first-order valence-corrected chi connectivity index (χ1v) is 18.1. The third-order valence-corrected chi connectivity index (χ3v) is 12.2. The van der Waals surface area contributed by atoms with Crippen molar-refractivity contribution in [2.45, 2.75) is 0 Å². The van der Waals surface area contributed by atoms with Crippen molar-refractivity contribution in [2.24, 2.45) is 0 Å². The summed E-state index contributed by atoms with van der Waals surface area (Å²) >= 11 is 3.70. The fourth-order valence-electron chi connectivity index (χ4n) is 7.64. The largest absolute Gasteiger partial charge is 0.309 e. The fourth-order valence-corrected chi connectivity index (χ4v) is 9.96. The van der Waals surface area contributed by atoms with Crippen molar-refractivity contribution >= 4 is 95.7 Å². The average Bonchev–Trinajstić information content (AvgIpc) is 3.84. The first kappa shape index (κ1) is 27.1. The molecule has 0 amide bonds. The van der Waals surface area contributed by atoms with Gasteiger partial charge >= 0.3 is 0 Å². The quantitative estimate of drug-likeness (QED) is 0.189. The number of rotatable bonds is 3. The molecule has 0 bridgehead atoms. The normalized spacial score (nSPS) is 12.1. The summed E-state index contributed by atoms with van der Waals surface area (Å²) < 4.78 is 7.60. The Morgan fingerprint density at radius 1 is 0.449 bits per heavy atom. The van der Waals surface area contributed by atoms with Gasteiger partial charge in [-0.15, -0.1) is 22.7 Å². The molecule has 0 N–H and O–H groups in total. The second kappa shape index (κ2) is 10.3. The maximum absolute atomic E-state index is 5.31. The molecule has 0 aliphatic rings. The van der Waals surface area contributed by atoms with Crippen molar-refractivity contribution in [3.63, 3.8) is 0 Å². The highest BCUT2D eigenvalue weighted by atomic mass is 32.1. The van der Waals surface area contributed by atoms with E-state index in [1.807, 2.05) is 22.7 Å². The van der Waals surface area contributed by atoms with Gasteiger partial charge in [0.05, 0.1) is 22.2 Å². The summed E-state index contributed by atoms with van der Waals surface area (Å²) in [5.41, 5.74) is 7.63. The highest BCUT2D eigenvalue weighted by molar-refractivity contribution is 7.26. The molecule has 7 aromatic carbocycles. The van der Waals surface area contributed by atoms with Crippen molar-refractivity contribution in [3.8, 4) is 28.3 Å². The van der Waals surface area contributed by atoms with E-state index in [0.29, 0.717) is 0 Å². The second-order valence-corrected chi connectivity index (χ2v) is 14.7. The van der Waals surface area contributed by atoms with Crippen LogP contribution >= 0.6 is 22.7 Å². The number of thiophene rings is 2. The zero-order chi connectivity index (χ0) is 32.1. The molecule has 11 rings (SSSR count). The monoisotopic (exact) mass is 659 g/mol. The summed E-state index contributed by atoms with van der Waals surface area (Å²) in [6.07, 6.45) is 0. The maximum atomic E-state index is 5.31. The first-order valence-electron chi connectivity index (χ1n) is 16.4. The van der Waals surface area contributed by atoms with E-state index >= 15 is 0 Å². The lowest BCUT2D eigenvalue weighted by molar-refractivity contribution is 1.18. The highest BCUT2D eigenvalue weighted by Gasteiger charge is 2.19. The minimum absolute atomic E-state index is 0.729. The number of nitrogens with zero attached hydrogens (tertiary/aromatic N) is 3. The summed E-state index contributed by atoms with van der Waals surface area (Å²) in [5.74, 6) is 0.729. The van der Waals surface area contributed by atoms with Gasteiger partial charge in [-0.1, -0.05) is 97.1 Å². The van der Waals surface area contributed by atoms with Crippen LogP contribution in [0.15, 0.2) is 152 Å². The van der Waals surface area contributed by atoms with E-state index in [9.17, 15) is 0 Å². The smallest absolute Gasteiger partial charge is 0.160 e. The van der Waals surface area contributed by atoms with Crippen molar-refractivity contribution in [2.75, 3.05) is 0 Å². The second-order valence-electron chi connectivity index (χ2n) is 12.5. The van der Waals surface area contributed by atoms with E-state index in [1.54, 1.807) is 0 Å². The standard InChI is InChI=1S/C44H25N3S2/c1-5-16-35-32(12-1)41(34-15-9-14-31-29-11-3-7-18-37(29)49-43(31)34)46-44(45-35)26-20-22-27(23-21-26)47-36-17-6-2-10-28(36)30-24-25-39-40(42(30)47)33-13-4-8-19-38(33)48-39/h1-25H. The molecule has 0 saturated carbocycles. The summed E-state index contributed by atoms with van der Waals surface area (Å²) in [7, 11) is 0. The third-order valence-electron chi connectivity index (χ3n) is 9.82. The Morgan fingerprint density at radius 2 is 1.14 bits per heavy atom. The SMILES string of the molecule is c1ccc2c(-c3cccc4c3sc3ccccc34)nc(-c3ccc(-n4c5ccccc5c5ccc6sc7ccccc7c6c54)cc3)nc2c1. The van der Waals surface area contributed by atoms with Crippen LogP contribution < -0.4 is 0 Å². The molecule has 0 aliphatic carbocycles. The van der Waals surface area contributed by atoms with Crippen LogP contribution in [0.5, 0.6) is 0 Å². The van der Waals surface area contributed by atoms with Gasteiger partial charge in [0.25, 0.3) is 0 Å². The molecule has 4 heterocycles. The number of para-hydroxylation sites is 2. The van der Waals surface area contributed by atoms with Gasteiger partial charge in [-0.05, 0) is 54.6 Å². The van der Waals surface area contributed by atoms with Gasteiger partial charge in [0.1, 0.15) is 0 Å². The first-order chi connectivity index (χ1) is 24.3. The van der Waals surface area contributed by atoms with Crippen LogP contribution in [0.2, 0.25) is 0 Å². The van der Waals surface area contributed by atoms with E-state index in [2.05, 4.69) is 156 Å². The Hall–Kier alpha value is -5.88. The molecule has 4 aromatic heterocycles. The van der Waals surface area contributed by atoms with Crippen LogP contribution in [0.4, 0.5) is 0 Å². The highest BCUT2D eigenvalue weighted by Crippen LogP contribution is 2.44. The Labute approximate surface area is 289 Å². The molecule has 0 unspecified atom stereocenters. The lowest BCUT2D eigenvalue weighted by Crippen LogP contribution is -1.97. The minimum atomic E-state index is 0.729. The van der Waals surface area contributed by atoms with Crippen LogP contribution in [-0.2, 0) is 0 Å². The molecule has 228 valence electrons. The fraction of sp³-hybridized carbons (Fsp3) is 0. The average molecular weight is 660 g/mol. The molecule has 0 saturated heterocycles. The Balaban J connectivity index is 1.12.